The van der Waals surface area contributed by atoms with Crippen molar-refractivity contribution < 1.29 is 9.53 Å². The zero-order valence-electron chi connectivity index (χ0n) is 15.2. The molecule has 0 saturated heterocycles. The first-order chi connectivity index (χ1) is 12.6. The van der Waals surface area contributed by atoms with E-state index >= 15 is 0 Å². The van der Waals surface area contributed by atoms with Gasteiger partial charge in [-0.15, -0.1) is 11.3 Å². The Morgan fingerprint density at radius 3 is 2.54 bits per heavy atom. The fourth-order valence-electron chi connectivity index (χ4n) is 2.42. The van der Waals surface area contributed by atoms with Crippen molar-refractivity contribution in [2.24, 2.45) is 0 Å². The Kier molecular flexibility index (Phi) is 5.68. The lowest BCUT2D eigenvalue weighted by atomic mass is 10.2. The maximum atomic E-state index is 12.5. The monoisotopic (exact) mass is 366 g/mol. The summed E-state index contributed by atoms with van der Waals surface area (Å²) in [4.78, 5) is 18.7. The van der Waals surface area contributed by atoms with Crippen LogP contribution in [0, 0.1) is 0 Å². The zero-order chi connectivity index (χ0) is 18.5. The molecule has 2 aromatic carbocycles. The molecular formula is C21H22N2O2S. The van der Waals surface area contributed by atoms with Crippen LogP contribution in [0.15, 0.2) is 60.0 Å². The molecule has 0 aliphatic heterocycles. The van der Waals surface area contributed by atoms with Crippen LogP contribution in [0.5, 0.6) is 5.75 Å². The van der Waals surface area contributed by atoms with E-state index in [1.165, 1.54) is 11.3 Å². The molecule has 3 rings (SSSR count). The highest BCUT2D eigenvalue weighted by molar-refractivity contribution is 7.13. The summed E-state index contributed by atoms with van der Waals surface area (Å²) in [6.07, 6.45) is 0. The minimum absolute atomic E-state index is 0.0646. The Labute approximate surface area is 158 Å². The topological polar surface area (TPSA) is 42.4 Å². The van der Waals surface area contributed by atoms with Crippen molar-refractivity contribution in [3.63, 3.8) is 0 Å². The summed E-state index contributed by atoms with van der Waals surface area (Å²) >= 11 is 1.46. The normalized spacial score (nSPS) is 10.8. The highest BCUT2D eigenvalue weighted by Gasteiger charge is 2.19. The van der Waals surface area contributed by atoms with Crippen molar-refractivity contribution in [2.45, 2.75) is 26.5 Å². The van der Waals surface area contributed by atoms with Gasteiger partial charge in [0.1, 0.15) is 23.1 Å². The van der Waals surface area contributed by atoms with Gasteiger partial charge < -0.3 is 9.64 Å². The molecule has 1 heterocycles. The van der Waals surface area contributed by atoms with E-state index in [0.29, 0.717) is 12.3 Å². The van der Waals surface area contributed by atoms with Gasteiger partial charge in [0, 0.05) is 18.5 Å². The predicted molar refractivity (Wildman–Crippen MR) is 106 cm³/mol. The third kappa shape index (κ3) is 4.11. The van der Waals surface area contributed by atoms with Crippen molar-refractivity contribution in [2.75, 3.05) is 7.05 Å². The Hall–Kier alpha value is -2.66. The standard InChI is InChI=1S/C21H22N2O2S/c1-15(2)23(3)21(24)18-14-26-20(22-18)17-11-7-8-12-19(17)25-13-16-9-5-4-6-10-16/h4-12,14-15H,13H2,1-3H3. The van der Waals surface area contributed by atoms with Crippen molar-refractivity contribution in [1.82, 2.24) is 9.88 Å². The van der Waals surface area contributed by atoms with Crippen molar-refractivity contribution in [3.05, 3.63) is 71.2 Å². The van der Waals surface area contributed by atoms with E-state index in [0.717, 1.165) is 21.9 Å². The van der Waals surface area contributed by atoms with E-state index in [2.05, 4.69) is 4.98 Å². The summed E-state index contributed by atoms with van der Waals surface area (Å²) in [6, 6.07) is 18.0. The molecule has 0 N–H and O–H groups in total. The number of ether oxygens (including phenoxy) is 1. The smallest absolute Gasteiger partial charge is 0.273 e. The lowest BCUT2D eigenvalue weighted by Gasteiger charge is -2.20. The molecule has 1 aromatic heterocycles. The van der Waals surface area contributed by atoms with Crippen LogP contribution in [-0.4, -0.2) is 28.9 Å². The molecule has 4 nitrogen and oxygen atoms in total. The molecule has 134 valence electrons. The van der Waals surface area contributed by atoms with Crippen LogP contribution in [0.1, 0.15) is 29.9 Å². The molecule has 26 heavy (non-hydrogen) atoms. The molecular weight excluding hydrogens is 344 g/mol. The maximum Gasteiger partial charge on any atom is 0.273 e. The second kappa shape index (κ2) is 8.15. The molecule has 1 amide bonds. The maximum absolute atomic E-state index is 12.5. The van der Waals surface area contributed by atoms with Gasteiger partial charge in [-0.3, -0.25) is 4.79 Å². The number of benzene rings is 2. The van der Waals surface area contributed by atoms with Gasteiger partial charge in [0.25, 0.3) is 5.91 Å². The molecule has 0 saturated carbocycles. The third-order valence-corrected chi connectivity index (χ3v) is 5.05. The molecule has 0 bridgehead atoms. The fraction of sp³-hybridized carbons (Fsp3) is 0.238. The summed E-state index contributed by atoms with van der Waals surface area (Å²) in [5.41, 5.74) is 2.48. The quantitative estimate of drug-likeness (QED) is 0.625. The van der Waals surface area contributed by atoms with Crippen LogP contribution in [0.2, 0.25) is 0 Å². The summed E-state index contributed by atoms with van der Waals surface area (Å²) < 4.78 is 6.00. The second-order valence-corrected chi connectivity index (χ2v) is 7.18. The summed E-state index contributed by atoms with van der Waals surface area (Å²) in [5.74, 6) is 0.701. The lowest BCUT2D eigenvalue weighted by molar-refractivity contribution is 0.0750. The average Bonchev–Trinajstić information content (AvgIpc) is 3.16. The van der Waals surface area contributed by atoms with Gasteiger partial charge in [0.15, 0.2) is 0 Å². The number of amides is 1. The molecule has 0 radical (unpaired) electrons. The molecule has 0 aliphatic rings. The average molecular weight is 366 g/mol. The van der Waals surface area contributed by atoms with Crippen LogP contribution < -0.4 is 4.74 Å². The highest BCUT2D eigenvalue weighted by Crippen LogP contribution is 2.33. The zero-order valence-corrected chi connectivity index (χ0v) is 16.0. The van der Waals surface area contributed by atoms with E-state index < -0.39 is 0 Å². The number of hydrogen-bond donors (Lipinski definition) is 0. The molecule has 0 fully saturated rings. The molecule has 0 aliphatic carbocycles. The van der Waals surface area contributed by atoms with Gasteiger partial charge >= 0.3 is 0 Å². The van der Waals surface area contributed by atoms with E-state index in [-0.39, 0.29) is 11.9 Å². The summed E-state index contributed by atoms with van der Waals surface area (Å²) in [6.45, 7) is 4.46. The van der Waals surface area contributed by atoms with Crippen LogP contribution in [0.25, 0.3) is 10.6 Å². The Morgan fingerprint density at radius 1 is 1.12 bits per heavy atom. The van der Waals surface area contributed by atoms with E-state index in [1.54, 1.807) is 11.9 Å². The van der Waals surface area contributed by atoms with Crippen LogP contribution >= 0.6 is 11.3 Å². The molecule has 3 aromatic rings. The number of nitrogens with zero attached hydrogens (tertiary/aromatic N) is 2. The number of aromatic nitrogens is 1. The molecule has 5 heteroatoms. The number of thiazole rings is 1. The first-order valence-electron chi connectivity index (χ1n) is 8.55. The summed E-state index contributed by atoms with van der Waals surface area (Å²) in [7, 11) is 1.79. The van der Waals surface area contributed by atoms with E-state index in [1.807, 2.05) is 73.8 Å². The summed E-state index contributed by atoms with van der Waals surface area (Å²) in [5, 5.41) is 2.60. The minimum atomic E-state index is -0.0646. The first kappa shape index (κ1) is 18.1. The van der Waals surface area contributed by atoms with Crippen molar-refractivity contribution in [1.29, 1.82) is 0 Å². The number of para-hydroxylation sites is 1. The van der Waals surface area contributed by atoms with Gasteiger partial charge in [-0.05, 0) is 31.5 Å². The Morgan fingerprint density at radius 2 is 1.81 bits per heavy atom. The Bertz CT molecular complexity index is 874. The fourth-order valence-corrected chi connectivity index (χ4v) is 3.24. The van der Waals surface area contributed by atoms with Crippen LogP contribution in [-0.2, 0) is 6.61 Å². The molecule has 0 spiro atoms. The van der Waals surface area contributed by atoms with Gasteiger partial charge in [-0.2, -0.15) is 0 Å². The number of hydrogen-bond acceptors (Lipinski definition) is 4. The number of carbonyl (C=O) groups excluding carboxylic acids is 1. The molecule has 0 atom stereocenters. The predicted octanol–water partition coefficient (Wildman–Crippen LogP) is 4.87. The van der Waals surface area contributed by atoms with Gasteiger partial charge in [-0.25, -0.2) is 4.98 Å². The molecule has 0 unspecified atom stereocenters. The van der Waals surface area contributed by atoms with Crippen molar-refractivity contribution in [3.8, 4) is 16.3 Å². The second-order valence-electron chi connectivity index (χ2n) is 6.32. The Balaban J connectivity index is 1.81. The van der Waals surface area contributed by atoms with Crippen LogP contribution in [0.4, 0.5) is 0 Å². The number of carbonyl (C=O) groups is 1. The van der Waals surface area contributed by atoms with Crippen LogP contribution in [0.3, 0.4) is 0 Å². The highest BCUT2D eigenvalue weighted by atomic mass is 32.1. The SMILES string of the molecule is CC(C)N(C)C(=O)c1csc(-c2ccccc2OCc2ccccc2)n1. The minimum Gasteiger partial charge on any atom is -0.488 e. The largest absolute Gasteiger partial charge is 0.488 e. The van der Waals surface area contributed by atoms with E-state index in [4.69, 9.17) is 4.74 Å². The first-order valence-corrected chi connectivity index (χ1v) is 9.43. The van der Waals surface area contributed by atoms with E-state index in [9.17, 15) is 4.79 Å². The third-order valence-electron chi connectivity index (χ3n) is 4.17. The van der Waals surface area contributed by atoms with Crippen molar-refractivity contribution >= 4 is 17.2 Å². The lowest BCUT2D eigenvalue weighted by Crippen LogP contribution is -2.33. The number of rotatable bonds is 6. The van der Waals surface area contributed by atoms with Gasteiger partial charge in [0.2, 0.25) is 0 Å². The van der Waals surface area contributed by atoms with Gasteiger partial charge in [-0.1, -0.05) is 42.5 Å². The van der Waals surface area contributed by atoms with Gasteiger partial charge in [0.05, 0.1) is 5.56 Å².